The normalized spacial score (nSPS) is 11.2. The minimum absolute atomic E-state index is 0. The Bertz CT molecular complexity index is 1200. The fourth-order valence-electron chi connectivity index (χ4n) is 2.97. The summed E-state index contributed by atoms with van der Waals surface area (Å²) in [6, 6.07) is 6.16. The van der Waals surface area contributed by atoms with Crippen LogP contribution in [0, 0.1) is 0 Å². The van der Waals surface area contributed by atoms with Crippen molar-refractivity contribution in [2.75, 3.05) is 0 Å². The van der Waals surface area contributed by atoms with Crippen LogP contribution in [0.2, 0.25) is 0 Å². The van der Waals surface area contributed by atoms with Gasteiger partial charge in [-0.1, -0.05) is 0 Å². The fraction of sp³-hybridized carbons (Fsp3) is 0.0909. The van der Waals surface area contributed by atoms with Gasteiger partial charge in [0, 0.05) is 29.3 Å². The van der Waals surface area contributed by atoms with Gasteiger partial charge in [-0.15, -0.1) is 0 Å². The zero-order valence-corrected chi connectivity index (χ0v) is 17.8. The van der Waals surface area contributed by atoms with Gasteiger partial charge in [-0.2, -0.15) is 13.9 Å². The van der Waals surface area contributed by atoms with Gasteiger partial charge >= 0.3 is 5.69 Å². The number of hydrogen-bond donors (Lipinski definition) is 6. The van der Waals surface area contributed by atoms with Gasteiger partial charge in [-0.25, -0.2) is 0 Å². The monoisotopic (exact) mass is 460 g/mol. The number of phenols is 6. The molecule has 0 spiro atoms. The van der Waals surface area contributed by atoms with Crippen molar-refractivity contribution in [3.8, 4) is 34.5 Å². The first-order valence-corrected chi connectivity index (χ1v) is 9.04. The van der Waals surface area contributed by atoms with Gasteiger partial charge in [0.2, 0.25) is 0 Å². The predicted octanol–water partition coefficient (Wildman–Crippen LogP) is -1.21. The summed E-state index contributed by atoms with van der Waals surface area (Å²) in [6.45, 7) is 0. The molecule has 0 bridgehead atoms. The second-order valence-corrected chi connectivity index (χ2v) is 6.87. The van der Waals surface area contributed by atoms with Crippen molar-refractivity contribution in [2.24, 2.45) is 14.1 Å². The highest BCUT2D eigenvalue weighted by Gasteiger charge is 2.14. The van der Waals surface area contributed by atoms with Crippen LogP contribution in [0.15, 0.2) is 35.1 Å². The SMILES string of the molecule is Cn1c(/C=C/c2cc(O)cc(O)c2O)cc(/C=C/c2cc(O)cc(O)c2O)[n+](C)c1=O.[Cl-]. The van der Waals surface area contributed by atoms with Gasteiger partial charge in [0.25, 0.3) is 0 Å². The van der Waals surface area contributed by atoms with Crippen molar-refractivity contribution in [3.05, 3.63) is 63.3 Å². The minimum atomic E-state index is -0.481. The van der Waals surface area contributed by atoms with Crippen LogP contribution < -0.4 is 22.7 Å². The number of phenolic OH excluding ortho intramolecular Hbond substituents is 6. The third-order valence-corrected chi connectivity index (χ3v) is 4.72. The van der Waals surface area contributed by atoms with Crippen molar-refractivity contribution in [1.82, 2.24) is 4.57 Å². The van der Waals surface area contributed by atoms with Crippen molar-refractivity contribution in [3.63, 3.8) is 0 Å². The number of hydrogen-bond acceptors (Lipinski definition) is 7. The van der Waals surface area contributed by atoms with E-state index < -0.39 is 23.0 Å². The van der Waals surface area contributed by atoms with Crippen molar-refractivity contribution in [2.45, 2.75) is 0 Å². The summed E-state index contributed by atoms with van der Waals surface area (Å²) in [5.74, 6) is -2.27. The lowest BCUT2D eigenvalue weighted by atomic mass is 10.1. The number of halogens is 1. The van der Waals surface area contributed by atoms with Crippen LogP contribution in [-0.2, 0) is 14.1 Å². The zero-order chi connectivity index (χ0) is 22.9. The molecule has 0 saturated heterocycles. The van der Waals surface area contributed by atoms with Crippen LogP contribution in [0.25, 0.3) is 24.3 Å². The van der Waals surface area contributed by atoms with Crippen LogP contribution in [0.3, 0.4) is 0 Å². The summed E-state index contributed by atoms with van der Waals surface area (Å²) < 4.78 is 2.70. The Morgan fingerprint density at radius 3 is 1.72 bits per heavy atom. The lowest BCUT2D eigenvalue weighted by Gasteiger charge is -2.05. The summed E-state index contributed by atoms with van der Waals surface area (Å²) in [5.41, 5.74) is 0.805. The molecule has 1 heterocycles. The van der Waals surface area contributed by atoms with Crippen molar-refractivity contribution >= 4 is 24.3 Å². The topological polar surface area (TPSA) is 147 Å². The van der Waals surface area contributed by atoms with Crippen LogP contribution in [0.1, 0.15) is 22.5 Å². The molecule has 0 radical (unpaired) electrons. The maximum absolute atomic E-state index is 12.6. The summed E-state index contributed by atoms with van der Waals surface area (Å²) in [6.07, 6.45) is 5.89. The third kappa shape index (κ3) is 4.79. The van der Waals surface area contributed by atoms with E-state index >= 15 is 0 Å². The second kappa shape index (κ2) is 9.36. The predicted molar refractivity (Wildman–Crippen MR) is 114 cm³/mol. The molecule has 32 heavy (non-hydrogen) atoms. The number of benzene rings is 2. The second-order valence-electron chi connectivity index (χ2n) is 6.87. The average molecular weight is 461 g/mol. The Morgan fingerprint density at radius 1 is 0.750 bits per heavy atom. The molecule has 9 nitrogen and oxygen atoms in total. The Labute approximate surface area is 188 Å². The van der Waals surface area contributed by atoms with Crippen LogP contribution >= 0.6 is 0 Å². The first-order chi connectivity index (χ1) is 14.6. The molecule has 3 rings (SSSR count). The van der Waals surface area contributed by atoms with E-state index in [0.29, 0.717) is 11.4 Å². The van der Waals surface area contributed by atoms with Gasteiger partial charge in [-0.05, 0) is 36.4 Å². The number of rotatable bonds is 4. The largest absolute Gasteiger partial charge is 1.00 e. The Hall–Kier alpha value is -4.11. The molecule has 0 atom stereocenters. The van der Waals surface area contributed by atoms with Crippen LogP contribution in [0.5, 0.6) is 34.5 Å². The maximum Gasteiger partial charge on any atom is 0.498 e. The average Bonchev–Trinajstić information content (AvgIpc) is 2.71. The number of aromatic nitrogens is 2. The highest BCUT2D eigenvalue weighted by molar-refractivity contribution is 5.76. The van der Waals surface area contributed by atoms with Crippen molar-refractivity contribution < 1.29 is 47.6 Å². The molecule has 0 aliphatic rings. The summed E-state index contributed by atoms with van der Waals surface area (Å²) in [4.78, 5) is 12.6. The molecule has 1 aromatic heterocycles. The standard InChI is InChI=1S/C22H20N2O7.ClH/c1-23-14(5-3-12-7-16(25)10-18(27)20(12)29)9-15(24(2)22(23)31)6-4-13-8-17(26)11-19(28)21(13)30;/h3-11H,1-2H3,(H5,25,26,27,28,29,30);1H. The molecule has 0 saturated carbocycles. The quantitative estimate of drug-likeness (QED) is 0.163. The van der Waals surface area contributed by atoms with Gasteiger partial charge < -0.3 is 43.0 Å². The Balaban J connectivity index is 0.00000363. The smallest absolute Gasteiger partial charge is 0.498 e. The van der Waals surface area contributed by atoms with E-state index in [1.165, 1.54) is 45.6 Å². The van der Waals surface area contributed by atoms with E-state index in [4.69, 9.17) is 0 Å². The molecule has 0 fully saturated rings. The van der Waals surface area contributed by atoms with E-state index in [0.717, 1.165) is 12.1 Å². The van der Waals surface area contributed by atoms with E-state index in [1.807, 2.05) is 0 Å². The van der Waals surface area contributed by atoms with Gasteiger partial charge in [0.05, 0.1) is 14.1 Å². The molecular formula is C22H21ClN2O7. The molecule has 0 aliphatic heterocycles. The van der Waals surface area contributed by atoms with Gasteiger partial charge in [0.15, 0.2) is 23.0 Å². The van der Waals surface area contributed by atoms with E-state index in [9.17, 15) is 35.4 Å². The molecule has 0 amide bonds. The van der Waals surface area contributed by atoms with E-state index in [2.05, 4.69) is 0 Å². The van der Waals surface area contributed by atoms with Crippen molar-refractivity contribution in [1.29, 1.82) is 0 Å². The van der Waals surface area contributed by atoms with E-state index in [-0.39, 0.29) is 40.7 Å². The number of aromatic hydroxyl groups is 6. The lowest BCUT2D eigenvalue weighted by Crippen LogP contribution is -3.00. The highest BCUT2D eigenvalue weighted by atomic mass is 35.5. The first-order valence-electron chi connectivity index (χ1n) is 9.04. The lowest BCUT2D eigenvalue weighted by molar-refractivity contribution is -0.692. The van der Waals surface area contributed by atoms with Gasteiger partial charge in [-0.3, -0.25) is 0 Å². The molecule has 10 heteroatoms. The highest BCUT2D eigenvalue weighted by Crippen LogP contribution is 2.35. The zero-order valence-electron chi connectivity index (χ0n) is 17.1. The molecule has 6 N–H and O–H groups in total. The summed E-state index contributed by atoms with van der Waals surface area (Å²) >= 11 is 0. The molecule has 2 aromatic carbocycles. The summed E-state index contributed by atoms with van der Waals surface area (Å²) in [7, 11) is 3.10. The number of nitrogens with zero attached hydrogens (tertiary/aromatic N) is 2. The third-order valence-electron chi connectivity index (χ3n) is 4.72. The molecule has 3 aromatic rings. The van der Waals surface area contributed by atoms with E-state index in [1.54, 1.807) is 20.2 Å². The molecule has 168 valence electrons. The maximum atomic E-state index is 12.6. The Morgan fingerprint density at radius 2 is 1.22 bits per heavy atom. The van der Waals surface area contributed by atoms with Gasteiger partial charge in [0.1, 0.15) is 22.9 Å². The molecule has 0 aliphatic carbocycles. The first kappa shape index (κ1) is 24.2. The van der Waals surface area contributed by atoms with Crippen LogP contribution in [-0.4, -0.2) is 35.2 Å². The molecule has 0 unspecified atom stereocenters. The molecular weight excluding hydrogens is 440 g/mol. The van der Waals surface area contributed by atoms with Crippen LogP contribution in [0.4, 0.5) is 0 Å². The Kier molecular flexibility index (Phi) is 7.06. The minimum Gasteiger partial charge on any atom is -1.00 e. The fourth-order valence-corrected chi connectivity index (χ4v) is 2.97. The summed E-state index contributed by atoms with van der Waals surface area (Å²) in [5, 5.41) is 58.4.